The molecule has 2 aromatic heterocycles. The van der Waals surface area contributed by atoms with Gasteiger partial charge in [-0.05, 0) is 12.3 Å². The van der Waals surface area contributed by atoms with Gasteiger partial charge in [0.2, 0.25) is 0 Å². The van der Waals surface area contributed by atoms with E-state index in [1.165, 1.54) is 0 Å². The summed E-state index contributed by atoms with van der Waals surface area (Å²) < 4.78 is 4.11. The molecule has 7 nitrogen and oxygen atoms in total. The molecule has 2 aromatic rings. The molecule has 2 N–H and O–H groups in total. The summed E-state index contributed by atoms with van der Waals surface area (Å²) in [6, 6.07) is 0. The first-order chi connectivity index (χ1) is 11.2. The van der Waals surface area contributed by atoms with Gasteiger partial charge in [-0.15, -0.1) is 24.8 Å². The lowest BCUT2D eigenvalue weighted by Crippen LogP contribution is -2.17. The van der Waals surface area contributed by atoms with Gasteiger partial charge < -0.3 is 15.0 Å². The molecule has 1 aliphatic heterocycles. The molecule has 0 unspecified atom stereocenters. The Hall–Kier alpha value is -1.15. The summed E-state index contributed by atoms with van der Waals surface area (Å²) in [6.07, 6.45) is 4.55. The van der Waals surface area contributed by atoms with E-state index in [1.807, 2.05) is 4.68 Å². The van der Waals surface area contributed by atoms with Gasteiger partial charge in [-0.1, -0.05) is 13.8 Å². The van der Waals surface area contributed by atoms with E-state index in [2.05, 4.69) is 35.0 Å². The number of halogens is 2. The zero-order valence-electron chi connectivity index (χ0n) is 14.8. The number of rotatable bonds is 6. The molecule has 0 spiro atoms. The van der Waals surface area contributed by atoms with Crippen LogP contribution < -0.4 is 5.32 Å². The second-order valence-electron chi connectivity index (χ2n) is 6.49. The molecule has 0 fully saturated rings. The Morgan fingerprint density at radius 3 is 2.76 bits per heavy atom. The summed E-state index contributed by atoms with van der Waals surface area (Å²) in [5, 5.41) is 17.1. The fourth-order valence-electron chi connectivity index (χ4n) is 2.89. The second-order valence-corrected chi connectivity index (χ2v) is 6.49. The van der Waals surface area contributed by atoms with Crippen molar-refractivity contribution in [3.63, 3.8) is 0 Å². The van der Waals surface area contributed by atoms with E-state index >= 15 is 0 Å². The lowest BCUT2D eigenvalue weighted by atomic mass is 10.1. The van der Waals surface area contributed by atoms with Crippen molar-refractivity contribution in [1.29, 1.82) is 0 Å². The van der Waals surface area contributed by atoms with Gasteiger partial charge in [0.25, 0.3) is 0 Å². The highest BCUT2D eigenvalue weighted by Crippen LogP contribution is 2.19. The largest absolute Gasteiger partial charge is 0.396 e. The van der Waals surface area contributed by atoms with E-state index in [0.29, 0.717) is 18.9 Å². The molecule has 3 rings (SSSR count). The molecule has 25 heavy (non-hydrogen) atoms. The molecule has 0 aliphatic carbocycles. The lowest BCUT2D eigenvalue weighted by Gasteiger charge is -2.02. The number of aromatic nitrogens is 5. The minimum absolute atomic E-state index is 0. The van der Waals surface area contributed by atoms with Gasteiger partial charge in [-0.25, -0.2) is 14.6 Å². The van der Waals surface area contributed by atoms with E-state index in [9.17, 15) is 0 Å². The summed E-state index contributed by atoms with van der Waals surface area (Å²) in [5.74, 6) is 3.30. The number of imidazole rings is 1. The van der Waals surface area contributed by atoms with E-state index in [-0.39, 0.29) is 31.4 Å². The molecule has 0 aromatic carbocycles. The third-order valence-corrected chi connectivity index (χ3v) is 3.98. The van der Waals surface area contributed by atoms with Gasteiger partial charge in [0.15, 0.2) is 11.6 Å². The van der Waals surface area contributed by atoms with Crippen molar-refractivity contribution >= 4 is 24.8 Å². The Morgan fingerprint density at radius 2 is 2.04 bits per heavy atom. The molecule has 0 saturated carbocycles. The van der Waals surface area contributed by atoms with Crippen LogP contribution in [-0.4, -0.2) is 49.1 Å². The van der Waals surface area contributed by atoms with E-state index in [0.717, 1.165) is 55.6 Å². The highest BCUT2D eigenvalue weighted by Gasteiger charge is 2.18. The van der Waals surface area contributed by atoms with Crippen molar-refractivity contribution in [1.82, 2.24) is 29.6 Å². The number of aliphatic hydroxyl groups is 1. The molecular weight excluding hydrogens is 363 g/mol. The van der Waals surface area contributed by atoms with Gasteiger partial charge in [-0.3, -0.25) is 0 Å². The first kappa shape index (κ1) is 21.9. The van der Waals surface area contributed by atoms with Crippen molar-refractivity contribution in [3.8, 4) is 11.5 Å². The van der Waals surface area contributed by atoms with Crippen molar-refractivity contribution in [3.05, 3.63) is 17.8 Å². The predicted molar refractivity (Wildman–Crippen MR) is 103 cm³/mol. The van der Waals surface area contributed by atoms with Crippen LogP contribution in [0.3, 0.4) is 0 Å². The molecule has 0 bridgehead atoms. The van der Waals surface area contributed by atoms with Crippen LogP contribution in [0.5, 0.6) is 0 Å². The first-order valence-corrected chi connectivity index (χ1v) is 8.49. The van der Waals surface area contributed by atoms with Gasteiger partial charge in [0.05, 0.1) is 0 Å². The highest BCUT2D eigenvalue weighted by atomic mass is 35.5. The van der Waals surface area contributed by atoms with Crippen LogP contribution in [0.15, 0.2) is 6.20 Å². The third-order valence-electron chi connectivity index (χ3n) is 3.98. The minimum Gasteiger partial charge on any atom is -0.396 e. The zero-order valence-corrected chi connectivity index (χ0v) is 16.4. The Balaban J connectivity index is 0.00000156. The topological polar surface area (TPSA) is 80.8 Å². The second kappa shape index (κ2) is 10.1. The van der Waals surface area contributed by atoms with Crippen molar-refractivity contribution in [2.75, 3.05) is 19.7 Å². The van der Waals surface area contributed by atoms with Crippen LogP contribution in [0.4, 0.5) is 0 Å². The standard InChI is InChI=1S/C16H26N6O.2ClH/c1-12(2)10-14-19-16(22(20-14)7-3-9-23)13-11-21-8-6-17-5-4-15(21)18-13;;/h11-12,17,23H,3-10H2,1-2H3;2*1H. The van der Waals surface area contributed by atoms with Crippen LogP contribution in [0.1, 0.15) is 31.9 Å². The molecule has 0 radical (unpaired) electrons. The number of nitrogens with one attached hydrogen (secondary N) is 1. The van der Waals surface area contributed by atoms with Gasteiger partial charge >= 0.3 is 0 Å². The van der Waals surface area contributed by atoms with Gasteiger partial charge in [0.1, 0.15) is 11.5 Å². The number of hydrogen-bond donors (Lipinski definition) is 2. The first-order valence-electron chi connectivity index (χ1n) is 8.49. The predicted octanol–water partition coefficient (Wildman–Crippen LogP) is 1.71. The van der Waals surface area contributed by atoms with Crippen molar-refractivity contribution < 1.29 is 5.11 Å². The number of aliphatic hydroxyl groups excluding tert-OH is 1. The molecule has 1 aliphatic rings. The maximum absolute atomic E-state index is 9.12. The summed E-state index contributed by atoms with van der Waals surface area (Å²) in [6.45, 7) is 8.03. The van der Waals surface area contributed by atoms with Crippen molar-refractivity contribution in [2.24, 2.45) is 5.92 Å². The quantitative estimate of drug-likeness (QED) is 0.784. The molecular formula is C16H28Cl2N6O. The average Bonchev–Trinajstić information content (AvgIpc) is 3.02. The Bertz CT molecular complexity index is 632. The third kappa shape index (κ3) is 5.41. The fourth-order valence-corrected chi connectivity index (χ4v) is 2.89. The molecule has 0 atom stereocenters. The summed E-state index contributed by atoms with van der Waals surface area (Å²) in [5.41, 5.74) is 0.891. The molecule has 9 heteroatoms. The summed E-state index contributed by atoms with van der Waals surface area (Å²) in [7, 11) is 0. The number of hydrogen-bond acceptors (Lipinski definition) is 5. The van der Waals surface area contributed by atoms with Crippen molar-refractivity contribution in [2.45, 2.75) is 46.2 Å². The maximum Gasteiger partial charge on any atom is 0.178 e. The fraction of sp³-hybridized carbons (Fsp3) is 0.688. The average molecular weight is 391 g/mol. The Morgan fingerprint density at radius 1 is 1.24 bits per heavy atom. The highest BCUT2D eigenvalue weighted by molar-refractivity contribution is 5.85. The molecule has 0 amide bonds. The maximum atomic E-state index is 9.12. The van der Waals surface area contributed by atoms with E-state index < -0.39 is 0 Å². The van der Waals surface area contributed by atoms with Crippen LogP contribution in [0.25, 0.3) is 11.5 Å². The minimum atomic E-state index is 0. The van der Waals surface area contributed by atoms with Crippen LogP contribution in [0.2, 0.25) is 0 Å². The lowest BCUT2D eigenvalue weighted by molar-refractivity contribution is 0.277. The zero-order chi connectivity index (χ0) is 16.2. The molecule has 0 saturated heterocycles. The number of nitrogens with zero attached hydrogens (tertiary/aromatic N) is 5. The van der Waals surface area contributed by atoms with Crippen LogP contribution in [0, 0.1) is 5.92 Å². The van der Waals surface area contributed by atoms with Crippen LogP contribution >= 0.6 is 24.8 Å². The Labute approximate surface area is 161 Å². The van der Waals surface area contributed by atoms with Gasteiger partial charge in [-0.2, -0.15) is 5.10 Å². The van der Waals surface area contributed by atoms with Gasteiger partial charge in [0, 0.05) is 51.8 Å². The summed E-state index contributed by atoms with van der Waals surface area (Å²) in [4.78, 5) is 9.50. The monoisotopic (exact) mass is 390 g/mol. The molecule has 142 valence electrons. The molecule has 3 heterocycles. The number of fused-ring (bicyclic) bond motifs is 1. The summed E-state index contributed by atoms with van der Waals surface area (Å²) >= 11 is 0. The van der Waals surface area contributed by atoms with E-state index in [1.54, 1.807) is 0 Å². The smallest absolute Gasteiger partial charge is 0.178 e. The Kier molecular flexibility index (Phi) is 8.85. The normalized spacial score (nSPS) is 13.8. The number of aryl methyl sites for hydroxylation is 1. The van der Waals surface area contributed by atoms with E-state index in [4.69, 9.17) is 15.1 Å². The van der Waals surface area contributed by atoms with Crippen LogP contribution in [-0.2, 0) is 25.9 Å². The SMILES string of the molecule is CC(C)Cc1nc(-c2cn3c(n2)CCNCC3)n(CCCO)n1.Cl.Cl.